The predicted octanol–water partition coefficient (Wildman–Crippen LogP) is 4.22. The minimum atomic E-state index is -1.47. The first kappa shape index (κ1) is 27.7. The number of hydrogen-bond acceptors (Lipinski definition) is 7. The van der Waals surface area contributed by atoms with Crippen molar-refractivity contribution in [3.63, 3.8) is 0 Å². The quantitative estimate of drug-likeness (QED) is 0.529. The number of ether oxygens (including phenoxy) is 2. The molecule has 0 aliphatic heterocycles. The molecule has 7 heteroatoms. The molecule has 8 atom stereocenters. The lowest BCUT2D eigenvalue weighted by Gasteiger charge is -2.61. The number of hydrogen-bond donors (Lipinski definition) is 1. The molecule has 0 heterocycles. The molecule has 0 amide bonds. The zero-order valence-corrected chi connectivity index (χ0v) is 23.2. The van der Waals surface area contributed by atoms with Gasteiger partial charge < -0.3 is 14.6 Å². The first-order valence-corrected chi connectivity index (χ1v) is 13.7. The SMILES string of the molecule is CC(C)C(=O)OCC(=O)[C@@]1(OC(=O)C(C)C)CC[C@H]2[C@@H]3C[C@H](C)C4=CC(=O)C=C[C@]4(C)[C@H]3[C@@H](O)C[C@@]21C. The monoisotopic (exact) mass is 514 g/mol. The van der Waals surface area contributed by atoms with E-state index >= 15 is 0 Å². The van der Waals surface area contributed by atoms with Gasteiger partial charge >= 0.3 is 11.9 Å². The fourth-order valence-electron chi connectivity index (χ4n) is 8.13. The number of aliphatic hydroxyl groups is 1. The average molecular weight is 515 g/mol. The van der Waals surface area contributed by atoms with Crippen LogP contribution in [-0.2, 0) is 28.7 Å². The van der Waals surface area contributed by atoms with Gasteiger partial charge in [-0.05, 0) is 55.6 Å². The van der Waals surface area contributed by atoms with E-state index in [1.54, 1.807) is 39.8 Å². The van der Waals surface area contributed by atoms with Crippen LogP contribution in [0.2, 0.25) is 0 Å². The van der Waals surface area contributed by atoms with E-state index in [-0.39, 0.29) is 41.8 Å². The maximum atomic E-state index is 13.9. The number of carbonyl (C=O) groups is 4. The Morgan fingerprint density at radius 2 is 1.76 bits per heavy atom. The summed E-state index contributed by atoms with van der Waals surface area (Å²) in [7, 11) is 0. The van der Waals surface area contributed by atoms with Crippen LogP contribution in [0.5, 0.6) is 0 Å². The van der Waals surface area contributed by atoms with E-state index in [1.807, 2.05) is 13.0 Å². The summed E-state index contributed by atoms with van der Waals surface area (Å²) in [5.74, 6) is -2.05. The van der Waals surface area contributed by atoms with E-state index in [9.17, 15) is 24.3 Å². The van der Waals surface area contributed by atoms with Crippen molar-refractivity contribution in [2.45, 2.75) is 85.9 Å². The molecule has 7 nitrogen and oxygen atoms in total. The van der Waals surface area contributed by atoms with Gasteiger partial charge in [0.05, 0.1) is 17.9 Å². The lowest BCUT2D eigenvalue weighted by Crippen LogP contribution is -2.63. The van der Waals surface area contributed by atoms with Crippen molar-refractivity contribution in [3.8, 4) is 0 Å². The molecule has 37 heavy (non-hydrogen) atoms. The van der Waals surface area contributed by atoms with Crippen LogP contribution in [0.4, 0.5) is 0 Å². The van der Waals surface area contributed by atoms with E-state index in [0.717, 1.165) is 12.0 Å². The Kier molecular flexibility index (Phi) is 7.11. The average Bonchev–Trinajstić information content (AvgIpc) is 3.10. The summed E-state index contributed by atoms with van der Waals surface area (Å²) in [4.78, 5) is 51.2. The normalized spacial score (nSPS) is 40.5. The fourth-order valence-corrected chi connectivity index (χ4v) is 8.13. The van der Waals surface area contributed by atoms with Gasteiger partial charge in [-0.15, -0.1) is 0 Å². The molecule has 4 rings (SSSR count). The Morgan fingerprint density at radius 1 is 1.11 bits per heavy atom. The minimum Gasteiger partial charge on any atom is -0.457 e. The van der Waals surface area contributed by atoms with Gasteiger partial charge in [-0.3, -0.25) is 19.2 Å². The smallest absolute Gasteiger partial charge is 0.309 e. The molecule has 0 unspecified atom stereocenters. The summed E-state index contributed by atoms with van der Waals surface area (Å²) in [5.41, 5.74) is -1.67. The zero-order chi connectivity index (χ0) is 27.5. The van der Waals surface area contributed by atoms with E-state index < -0.39 is 52.8 Å². The second-order valence-electron chi connectivity index (χ2n) is 12.9. The first-order valence-electron chi connectivity index (χ1n) is 13.7. The zero-order valence-electron chi connectivity index (χ0n) is 23.2. The Balaban J connectivity index is 1.74. The van der Waals surface area contributed by atoms with E-state index in [0.29, 0.717) is 12.8 Å². The topological polar surface area (TPSA) is 107 Å². The lowest BCUT2D eigenvalue weighted by molar-refractivity contribution is -0.204. The van der Waals surface area contributed by atoms with Crippen LogP contribution < -0.4 is 0 Å². The van der Waals surface area contributed by atoms with Gasteiger partial charge in [0.1, 0.15) is 0 Å². The number of aliphatic hydroxyl groups excluding tert-OH is 1. The standard InChI is InChI=1S/C30H42O7/c1-16(2)26(34)36-15-24(33)30(37-27(35)17(3)4)11-9-21-20-12-18(5)22-13-19(31)8-10-28(22,6)25(20)23(32)14-29(21,30)7/h8,10,13,16-18,20-21,23,25,32H,9,11-12,14-15H2,1-7H3/t18-,20-,21-,23-,25+,28-,29-,30-/m0/s1. The third-order valence-corrected chi connectivity index (χ3v) is 9.95. The summed E-state index contributed by atoms with van der Waals surface area (Å²) in [5, 5.41) is 11.7. The van der Waals surface area contributed by atoms with Gasteiger partial charge in [0.25, 0.3) is 0 Å². The Morgan fingerprint density at radius 3 is 2.38 bits per heavy atom. The Labute approximate surface area is 220 Å². The third-order valence-electron chi connectivity index (χ3n) is 9.95. The van der Waals surface area contributed by atoms with Crippen LogP contribution in [0, 0.1) is 46.3 Å². The van der Waals surface area contributed by atoms with Crippen molar-refractivity contribution >= 4 is 23.5 Å². The molecule has 0 aromatic rings. The van der Waals surface area contributed by atoms with E-state index in [4.69, 9.17) is 9.47 Å². The van der Waals surface area contributed by atoms with E-state index in [1.165, 1.54) is 0 Å². The lowest BCUT2D eigenvalue weighted by atomic mass is 9.44. The minimum absolute atomic E-state index is 0.0186. The van der Waals surface area contributed by atoms with Crippen LogP contribution in [0.3, 0.4) is 0 Å². The molecule has 4 aliphatic carbocycles. The molecule has 3 saturated carbocycles. The maximum Gasteiger partial charge on any atom is 0.309 e. The number of rotatable bonds is 6. The molecule has 204 valence electrons. The molecule has 0 saturated heterocycles. The van der Waals surface area contributed by atoms with Crippen molar-refractivity contribution in [2.75, 3.05) is 6.61 Å². The highest BCUT2D eigenvalue weighted by molar-refractivity contribution is 6.01. The predicted molar refractivity (Wildman–Crippen MR) is 137 cm³/mol. The largest absolute Gasteiger partial charge is 0.457 e. The summed E-state index contributed by atoms with van der Waals surface area (Å²) < 4.78 is 11.5. The highest BCUT2D eigenvalue weighted by atomic mass is 16.6. The molecule has 4 aliphatic rings. The van der Waals surface area contributed by atoms with Gasteiger partial charge in [-0.25, -0.2) is 0 Å². The van der Waals surface area contributed by atoms with Gasteiger partial charge in [0.15, 0.2) is 18.0 Å². The summed E-state index contributed by atoms with van der Waals surface area (Å²) in [6, 6.07) is 0. The molecular weight excluding hydrogens is 472 g/mol. The van der Waals surface area contributed by atoms with Crippen molar-refractivity contribution < 1.29 is 33.8 Å². The molecule has 0 radical (unpaired) electrons. The van der Waals surface area contributed by atoms with Crippen molar-refractivity contribution in [1.82, 2.24) is 0 Å². The summed E-state index contributed by atoms with van der Waals surface area (Å²) in [6.45, 7) is 12.6. The molecule has 0 aromatic carbocycles. The number of allylic oxidation sites excluding steroid dienone is 4. The van der Waals surface area contributed by atoms with E-state index in [2.05, 4.69) is 13.8 Å². The maximum absolute atomic E-state index is 13.9. The molecule has 3 fully saturated rings. The van der Waals surface area contributed by atoms with Crippen molar-refractivity contribution in [3.05, 3.63) is 23.8 Å². The van der Waals surface area contributed by atoms with Gasteiger partial charge in [-0.2, -0.15) is 0 Å². The van der Waals surface area contributed by atoms with Crippen LogP contribution >= 0.6 is 0 Å². The molecule has 0 bridgehead atoms. The number of esters is 2. The summed E-state index contributed by atoms with van der Waals surface area (Å²) >= 11 is 0. The first-order chi connectivity index (χ1) is 17.2. The number of Topliss-reactive ketones (excluding diaryl/α,β-unsaturated/α-hetero) is 1. The number of ketones is 2. The highest BCUT2D eigenvalue weighted by Gasteiger charge is 2.71. The van der Waals surface area contributed by atoms with Crippen LogP contribution in [-0.4, -0.2) is 46.9 Å². The molecule has 0 aromatic heterocycles. The molecular formula is C30H42O7. The van der Waals surface area contributed by atoms with Crippen molar-refractivity contribution in [1.29, 1.82) is 0 Å². The third kappa shape index (κ3) is 4.21. The molecule has 1 N–H and O–H groups in total. The highest BCUT2D eigenvalue weighted by Crippen LogP contribution is 2.68. The van der Waals surface area contributed by atoms with Gasteiger partial charge in [-0.1, -0.05) is 60.1 Å². The second kappa shape index (κ2) is 9.48. The van der Waals surface area contributed by atoms with Crippen molar-refractivity contribution in [2.24, 2.45) is 46.3 Å². The summed E-state index contributed by atoms with van der Waals surface area (Å²) in [6.07, 6.45) is 6.62. The van der Waals surface area contributed by atoms with Crippen LogP contribution in [0.1, 0.15) is 74.1 Å². The van der Waals surface area contributed by atoms with Gasteiger partial charge in [0.2, 0.25) is 5.78 Å². The van der Waals surface area contributed by atoms with Gasteiger partial charge in [0, 0.05) is 16.7 Å². The number of fused-ring (bicyclic) bond motifs is 5. The number of carbonyl (C=O) groups excluding carboxylic acids is 4. The van der Waals surface area contributed by atoms with Crippen LogP contribution in [0.25, 0.3) is 0 Å². The van der Waals surface area contributed by atoms with Crippen LogP contribution in [0.15, 0.2) is 23.8 Å². The molecule has 0 spiro atoms. The fraction of sp³-hybridized carbons (Fsp3) is 0.733. The Bertz CT molecular complexity index is 1050. The Hall–Kier alpha value is -2.28. The second-order valence-corrected chi connectivity index (χ2v) is 12.9.